The third-order valence-electron chi connectivity index (χ3n) is 2.50. The Morgan fingerprint density at radius 3 is 2.78 bits per heavy atom. The van der Waals surface area contributed by atoms with Crippen molar-refractivity contribution in [3.8, 4) is 0 Å². The number of nitrogens with one attached hydrogen (secondary N) is 2. The molecule has 2 heterocycles. The van der Waals surface area contributed by atoms with E-state index in [0.717, 1.165) is 5.56 Å². The molecule has 0 aliphatic heterocycles. The number of hydrogen-bond donors (Lipinski definition) is 3. The number of aromatic amines is 1. The Morgan fingerprint density at radius 2 is 1.94 bits per heavy atom. The number of H-pyrrole nitrogens is 1. The molecule has 3 aromatic rings. The summed E-state index contributed by atoms with van der Waals surface area (Å²) in [6, 6.07) is 9.99. The maximum Gasteiger partial charge on any atom is 0.224 e. The molecular weight excluding hydrogens is 230 g/mol. The van der Waals surface area contributed by atoms with Crippen LogP contribution in [0.4, 0.5) is 11.8 Å². The fraction of sp³-hybridized carbons (Fsp3) is 0.0909. The highest BCUT2D eigenvalue weighted by atomic mass is 15.4. The van der Waals surface area contributed by atoms with E-state index in [9.17, 15) is 0 Å². The van der Waals surface area contributed by atoms with Gasteiger partial charge >= 0.3 is 0 Å². The summed E-state index contributed by atoms with van der Waals surface area (Å²) in [4.78, 5) is 8.09. The normalized spacial score (nSPS) is 10.7. The topological polar surface area (TPSA) is 105 Å². The van der Waals surface area contributed by atoms with Gasteiger partial charge in [0.1, 0.15) is 0 Å². The molecule has 1 aromatic carbocycles. The highest BCUT2D eigenvalue weighted by Crippen LogP contribution is 2.17. The maximum absolute atomic E-state index is 5.61. The fourth-order valence-corrected chi connectivity index (χ4v) is 1.67. The lowest BCUT2D eigenvalue weighted by Crippen LogP contribution is -2.05. The summed E-state index contributed by atoms with van der Waals surface area (Å²) in [5.41, 5.74) is 7.79. The Morgan fingerprint density at radius 1 is 1.11 bits per heavy atom. The molecule has 7 nitrogen and oxygen atoms in total. The van der Waals surface area contributed by atoms with Gasteiger partial charge in [-0.1, -0.05) is 30.3 Å². The minimum absolute atomic E-state index is 0.173. The standard InChI is InChI=1S/C11H11N7/c12-11-14-9(8-10(15-11)17-18-16-8)13-6-7-4-2-1-3-5-7/h1-5H,6H2,(H4,12,13,14,15,16,17,18). The van der Waals surface area contributed by atoms with Crippen LogP contribution in [0.5, 0.6) is 0 Å². The largest absolute Gasteiger partial charge is 0.368 e. The molecule has 0 saturated carbocycles. The molecule has 18 heavy (non-hydrogen) atoms. The number of nitrogens with zero attached hydrogens (tertiary/aromatic N) is 4. The van der Waals surface area contributed by atoms with Crippen molar-refractivity contribution in [2.45, 2.75) is 6.54 Å². The van der Waals surface area contributed by atoms with Crippen molar-refractivity contribution in [3.05, 3.63) is 35.9 Å². The first-order valence-corrected chi connectivity index (χ1v) is 5.45. The van der Waals surface area contributed by atoms with Gasteiger partial charge in [0.25, 0.3) is 0 Å². The van der Waals surface area contributed by atoms with Crippen LogP contribution >= 0.6 is 0 Å². The van der Waals surface area contributed by atoms with Crippen LogP contribution in [0, 0.1) is 0 Å². The lowest BCUT2D eigenvalue weighted by molar-refractivity contribution is 0.954. The van der Waals surface area contributed by atoms with Crippen molar-refractivity contribution in [3.63, 3.8) is 0 Å². The average Bonchev–Trinajstić information content (AvgIpc) is 2.85. The summed E-state index contributed by atoms with van der Waals surface area (Å²) < 4.78 is 0. The summed E-state index contributed by atoms with van der Waals surface area (Å²) in [5.74, 6) is 0.752. The van der Waals surface area contributed by atoms with Gasteiger partial charge in [-0.05, 0) is 5.56 Å². The zero-order valence-corrected chi connectivity index (χ0v) is 9.46. The molecule has 0 aliphatic carbocycles. The minimum Gasteiger partial charge on any atom is -0.368 e. The number of aromatic nitrogens is 5. The van der Waals surface area contributed by atoms with Crippen molar-refractivity contribution in [1.29, 1.82) is 0 Å². The molecule has 0 atom stereocenters. The number of rotatable bonds is 3. The van der Waals surface area contributed by atoms with E-state index < -0.39 is 0 Å². The van der Waals surface area contributed by atoms with Crippen LogP contribution in [0.3, 0.4) is 0 Å². The first kappa shape index (κ1) is 10.5. The van der Waals surface area contributed by atoms with Gasteiger partial charge in [0.2, 0.25) is 11.6 Å². The lowest BCUT2D eigenvalue weighted by atomic mass is 10.2. The van der Waals surface area contributed by atoms with Crippen LogP contribution in [0.25, 0.3) is 11.2 Å². The van der Waals surface area contributed by atoms with Gasteiger partial charge < -0.3 is 11.1 Å². The molecule has 90 valence electrons. The molecule has 3 rings (SSSR count). The van der Waals surface area contributed by atoms with E-state index in [-0.39, 0.29) is 5.95 Å². The molecule has 7 heteroatoms. The number of nitrogen functional groups attached to an aromatic ring is 1. The molecule has 0 aliphatic rings. The zero-order valence-electron chi connectivity index (χ0n) is 9.46. The highest BCUT2D eigenvalue weighted by molar-refractivity contribution is 5.82. The van der Waals surface area contributed by atoms with Gasteiger partial charge in [-0.15, -0.1) is 5.10 Å². The zero-order chi connectivity index (χ0) is 12.4. The summed E-state index contributed by atoms with van der Waals surface area (Å²) in [6.07, 6.45) is 0. The van der Waals surface area contributed by atoms with Crippen molar-refractivity contribution < 1.29 is 0 Å². The number of hydrogen-bond acceptors (Lipinski definition) is 6. The molecule has 4 N–H and O–H groups in total. The van der Waals surface area contributed by atoms with Crippen LogP contribution in [0.15, 0.2) is 30.3 Å². The number of benzene rings is 1. The number of fused-ring (bicyclic) bond motifs is 1. The van der Waals surface area contributed by atoms with E-state index in [4.69, 9.17) is 5.73 Å². The highest BCUT2D eigenvalue weighted by Gasteiger charge is 2.09. The predicted molar refractivity (Wildman–Crippen MR) is 67.7 cm³/mol. The first-order chi connectivity index (χ1) is 8.83. The number of anilines is 2. The third-order valence-corrected chi connectivity index (χ3v) is 2.50. The van der Waals surface area contributed by atoms with Crippen molar-refractivity contribution in [2.24, 2.45) is 0 Å². The minimum atomic E-state index is 0.173. The number of nitrogens with two attached hydrogens (primary N) is 1. The Labute approximate surface area is 102 Å². The van der Waals surface area contributed by atoms with Crippen LogP contribution in [0.2, 0.25) is 0 Å². The molecule has 0 unspecified atom stereocenters. The maximum atomic E-state index is 5.61. The van der Waals surface area contributed by atoms with E-state index in [1.165, 1.54) is 0 Å². The van der Waals surface area contributed by atoms with E-state index in [2.05, 4.69) is 30.7 Å². The van der Waals surface area contributed by atoms with Gasteiger partial charge in [-0.2, -0.15) is 20.3 Å². The summed E-state index contributed by atoms with van der Waals surface area (Å²) >= 11 is 0. The Balaban J connectivity index is 1.88. The average molecular weight is 241 g/mol. The monoisotopic (exact) mass is 241 g/mol. The smallest absolute Gasteiger partial charge is 0.224 e. The van der Waals surface area contributed by atoms with Gasteiger partial charge in [-0.3, -0.25) is 0 Å². The molecule has 0 amide bonds. The molecule has 0 bridgehead atoms. The van der Waals surface area contributed by atoms with Crippen LogP contribution in [0.1, 0.15) is 5.56 Å². The van der Waals surface area contributed by atoms with Crippen LogP contribution in [-0.2, 0) is 6.54 Å². The molecular formula is C11H11N7. The second kappa shape index (κ2) is 4.28. The van der Waals surface area contributed by atoms with Crippen LogP contribution < -0.4 is 11.1 Å². The van der Waals surface area contributed by atoms with Gasteiger partial charge in [0.15, 0.2) is 11.3 Å². The molecule has 0 fully saturated rings. The molecule has 0 saturated heterocycles. The summed E-state index contributed by atoms with van der Waals surface area (Å²) in [7, 11) is 0. The van der Waals surface area contributed by atoms with Gasteiger partial charge in [0, 0.05) is 6.54 Å². The molecule has 2 aromatic heterocycles. The first-order valence-electron chi connectivity index (χ1n) is 5.45. The summed E-state index contributed by atoms with van der Waals surface area (Å²) in [5, 5.41) is 13.6. The lowest BCUT2D eigenvalue weighted by Gasteiger charge is -2.05. The SMILES string of the molecule is Nc1nc(NCc2ccccc2)c2n[nH]nc2n1. The fourth-order valence-electron chi connectivity index (χ4n) is 1.67. The quantitative estimate of drug-likeness (QED) is 0.630. The predicted octanol–water partition coefficient (Wildman–Crippen LogP) is 0.942. The third kappa shape index (κ3) is 1.93. The van der Waals surface area contributed by atoms with E-state index in [0.29, 0.717) is 23.5 Å². The van der Waals surface area contributed by atoms with E-state index >= 15 is 0 Å². The van der Waals surface area contributed by atoms with Crippen LogP contribution in [-0.4, -0.2) is 25.4 Å². The Hall–Kier alpha value is -2.70. The van der Waals surface area contributed by atoms with E-state index in [1.54, 1.807) is 0 Å². The molecule has 0 radical (unpaired) electrons. The summed E-state index contributed by atoms with van der Waals surface area (Å²) in [6.45, 7) is 0.638. The molecule has 0 spiro atoms. The Bertz CT molecular complexity index is 661. The van der Waals surface area contributed by atoms with Crippen molar-refractivity contribution >= 4 is 22.9 Å². The van der Waals surface area contributed by atoms with Gasteiger partial charge in [0.05, 0.1) is 0 Å². The Kier molecular flexibility index (Phi) is 2.49. The van der Waals surface area contributed by atoms with E-state index in [1.807, 2.05) is 30.3 Å². The van der Waals surface area contributed by atoms with Gasteiger partial charge in [-0.25, -0.2) is 0 Å². The second-order valence-electron chi connectivity index (χ2n) is 3.77. The second-order valence-corrected chi connectivity index (χ2v) is 3.77. The van der Waals surface area contributed by atoms with Crippen molar-refractivity contribution in [1.82, 2.24) is 25.4 Å². The van der Waals surface area contributed by atoms with Crippen molar-refractivity contribution in [2.75, 3.05) is 11.1 Å².